The van der Waals surface area contributed by atoms with E-state index in [1.807, 2.05) is 38.1 Å². The van der Waals surface area contributed by atoms with Crippen LogP contribution in [-0.4, -0.2) is 21.6 Å². The molecule has 0 spiro atoms. The molecule has 0 aliphatic carbocycles. The van der Waals surface area contributed by atoms with Crippen molar-refractivity contribution < 1.29 is 4.79 Å². The maximum Gasteiger partial charge on any atom is 0.234 e. The number of imidazole rings is 1. The van der Waals surface area contributed by atoms with Gasteiger partial charge in [0.05, 0.1) is 22.5 Å². The van der Waals surface area contributed by atoms with E-state index in [0.717, 1.165) is 33.7 Å². The highest BCUT2D eigenvalue weighted by molar-refractivity contribution is 7.99. The first-order chi connectivity index (χ1) is 11.5. The monoisotopic (exact) mass is 339 g/mol. The minimum absolute atomic E-state index is 0.0196. The third kappa shape index (κ3) is 3.79. The van der Waals surface area contributed by atoms with Crippen LogP contribution in [0.25, 0.3) is 11.0 Å². The van der Waals surface area contributed by atoms with Crippen molar-refractivity contribution in [3.8, 4) is 0 Å². The number of nitrogens with zero attached hydrogens (tertiary/aromatic N) is 1. The smallest absolute Gasteiger partial charge is 0.234 e. The van der Waals surface area contributed by atoms with Gasteiger partial charge in [-0.1, -0.05) is 29.8 Å². The van der Waals surface area contributed by atoms with Gasteiger partial charge in [0.15, 0.2) is 0 Å². The lowest BCUT2D eigenvalue weighted by atomic mass is 10.1. The van der Waals surface area contributed by atoms with Crippen molar-refractivity contribution in [2.24, 2.45) is 0 Å². The van der Waals surface area contributed by atoms with E-state index in [1.54, 1.807) is 11.8 Å². The maximum absolute atomic E-state index is 12.2. The minimum atomic E-state index is 0.0196. The molecular formula is C19H21N3OS. The average molecular weight is 339 g/mol. The predicted octanol–water partition coefficient (Wildman–Crippen LogP) is 4.36. The summed E-state index contributed by atoms with van der Waals surface area (Å²) in [6, 6.07) is 12.1. The number of rotatable bonds is 5. The van der Waals surface area contributed by atoms with Crippen LogP contribution >= 0.6 is 11.8 Å². The van der Waals surface area contributed by atoms with E-state index >= 15 is 0 Å². The molecule has 0 fully saturated rings. The van der Waals surface area contributed by atoms with E-state index in [2.05, 4.69) is 34.3 Å². The molecule has 0 aliphatic heterocycles. The number of benzene rings is 2. The predicted molar refractivity (Wildman–Crippen MR) is 102 cm³/mol. The van der Waals surface area contributed by atoms with Crippen LogP contribution in [0, 0.1) is 20.8 Å². The first kappa shape index (κ1) is 16.6. The molecule has 2 N–H and O–H groups in total. The Kier molecular flexibility index (Phi) is 4.90. The number of carbonyl (C=O) groups is 1. The highest BCUT2D eigenvalue weighted by Crippen LogP contribution is 2.22. The number of aryl methyl sites for hydroxylation is 3. The zero-order valence-corrected chi connectivity index (χ0v) is 15.0. The van der Waals surface area contributed by atoms with Gasteiger partial charge in [0.1, 0.15) is 5.82 Å². The van der Waals surface area contributed by atoms with Gasteiger partial charge in [0, 0.05) is 5.69 Å². The van der Waals surface area contributed by atoms with Crippen LogP contribution in [0.2, 0.25) is 0 Å². The largest absolute Gasteiger partial charge is 0.341 e. The second-order valence-corrected chi connectivity index (χ2v) is 7.00. The van der Waals surface area contributed by atoms with E-state index in [4.69, 9.17) is 0 Å². The zero-order chi connectivity index (χ0) is 17.1. The van der Waals surface area contributed by atoms with Crippen molar-refractivity contribution in [3.05, 3.63) is 58.9 Å². The number of aromatic amines is 1. The lowest BCUT2D eigenvalue weighted by Gasteiger charge is -2.12. The van der Waals surface area contributed by atoms with Crippen molar-refractivity contribution >= 4 is 34.4 Å². The molecule has 0 unspecified atom stereocenters. The van der Waals surface area contributed by atoms with Gasteiger partial charge in [-0.3, -0.25) is 4.79 Å². The molecule has 24 heavy (non-hydrogen) atoms. The number of hydrogen-bond acceptors (Lipinski definition) is 3. The fourth-order valence-electron chi connectivity index (χ4n) is 2.87. The van der Waals surface area contributed by atoms with Gasteiger partial charge in [-0.15, -0.1) is 11.8 Å². The highest BCUT2D eigenvalue weighted by Gasteiger charge is 2.09. The standard InChI is InChI=1S/C19H21N3OS/c1-12-8-13(2)19(14(3)9-12)22-18(23)11-24-10-17-20-15-6-4-5-7-16(15)21-17/h4-9H,10-11H2,1-3H3,(H,20,21)(H,22,23). The van der Waals surface area contributed by atoms with Crippen LogP contribution in [-0.2, 0) is 10.5 Å². The molecule has 4 nitrogen and oxygen atoms in total. The van der Waals surface area contributed by atoms with Crippen molar-refractivity contribution in [3.63, 3.8) is 0 Å². The molecule has 3 rings (SSSR count). The van der Waals surface area contributed by atoms with Crippen LogP contribution in [0.5, 0.6) is 0 Å². The molecule has 1 aromatic heterocycles. The highest BCUT2D eigenvalue weighted by atomic mass is 32.2. The van der Waals surface area contributed by atoms with Crippen LogP contribution < -0.4 is 5.32 Å². The zero-order valence-electron chi connectivity index (χ0n) is 14.1. The summed E-state index contributed by atoms with van der Waals surface area (Å²) in [5.41, 5.74) is 6.33. The summed E-state index contributed by atoms with van der Waals surface area (Å²) in [5, 5.41) is 3.03. The molecule has 5 heteroatoms. The summed E-state index contributed by atoms with van der Waals surface area (Å²) in [5.74, 6) is 2.01. The van der Waals surface area contributed by atoms with Crippen molar-refractivity contribution in [1.29, 1.82) is 0 Å². The number of amides is 1. The normalized spacial score (nSPS) is 11.0. The second kappa shape index (κ2) is 7.09. The third-order valence-electron chi connectivity index (χ3n) is 3.85. The lowest BCUT2D eigenvalue weighted by Crippen LogP contribution is -2.16. The number of anilines is 1. The Hall–Kier alpha value is -2.27. The van der Waals surface area contributed by atoms with Crippen LogP contribution in [0.1, 0.15) is 22.5 Å². The van der Waals surface area contributed by atoms with E-state index < -0.39 is 0 Å². The Morgan fingerprint density at radius 1 is 1.17 bits per heavy atom. The number of thioether (sulfide) groups is 1. The number of para-hydroxylation sites is 2. The maximum atomic E-state index is 12.2. The van der Waals surface area contributed by atoms with Gasteiger partial charge in [0.2, 0.25) is 5.91 Å². The van der Waals surface area contributed by atoms with E-state index in [-0.39, 0.29) is 5.91 Å². The van der Waals surface area contributed by atoms with Crippen molar-refractivity contribution in [2.75, 3.05) is 11.1 Å². The summed E-state index contributed by atoms with van der Waals surface area (Å²) in [6.45, 7) is 6.11. The summed E-state index contributed by atoms with van der Waals surface area (Å²) < 4.78 is 0. The van der Waals surface area contributed by atoms with Crippen molar-refractivity contribution in [2.45, 2.75) is 26.5 Å². The molecule has 0 bridgehead atoms. The fourth-order valence-corrected chi connectivity index (χ4v) is 3.56. The molecule has 124 valence electrons. The topological polar surface area (TPSA) is 57.8 Å². The summed E-state index contributed by atoms with van der Waals surface area (Å²) in [6.07, 6.45) is 0. The van der Waals surface area contributed by atoms with Gasteiger partial charge < -0.3 is 10.3 Å². The Bertz CT molecular complexity index is 829. The average Bonchev–Trinajstić information content (AvgIpc) is 2.93. The number of nitrogens with one attached hydrogen (secondary N) is 2. The quantitative estimate of drug-likeness (QED) is 0.726. The third-order valence-corrected chi connectivity index (χ3v) is 4.80. The summed E-state index contributed by atoms with van der Waals surface area (Å²) in [7, 11) is 0. The molecule has 0 atom stereocenters. The molecule has 1 amide bonds. The van der Waals surface area contributed by atoms with Gasteiger partial charge >= 0.3 is 0 Å². The number of hydrogen-bond donors (Lipinski definition) is 2. The Morgan fingerprint density at radius 2 is 1.88 bits per heavy atom. The molecule has 0 aliphatic rings. The number of carbonyl (C=O) groups excluding carboxylic acids is 1. The van der Waals surface area contributed by atoms with Gasteiger partial charge in [0.25, 0.3) is 0 Å². The first-order valence-corrected chi connectivity index (χ1v) is 9.07. The minimum Gasteiger partial charge on any atom is -0.341 e. The summed E-state index contributed by atoms with van der Waals surface area (Å²) in [4.78, 5) is 20.0. The fraction of sp³-hybridized carbons (Fsp3) is 0.263. The second-order valence-electron chi connectivity index (χ2n) is 6.02. The molecule has 0 saturated carbocycles. The molecule has 2 aromatic carbocycles. The number of H-pyrrole nitrogens is 1. The molecular weight excluding hydrogens is 318 g/mol. The first-order valence-electron chi connectivity index (χ1n) is 7.92. The van der Waals surface area contributed by atoms with Crippen LogP contribution in [0.4, 0.5) is 5.69 Å². The molecule has 0 saturated heterocycles. The summed E-state index contributed by atoms with van der Waals surface area (Å²) >= 11 is 1.56. The van der Waals surface area contributed by atoms with Gasteiger partial charge in [-0.2, -0.15) is 0 Å². The van der Waals surface area contributed by atoms with E-state index in [9.17, 15) is 4.79 Å². The SMILES string of the molecule is Cc1cc(C)c(NC(=O)CSCc2nc3ccccc3[nH]2)c(C)c1. The molecule has 0 radical (unpaired) electrons. The van der Waals surface area contributed by atoms with Crippen molar-refractivity contribution in [1.82, 2.24) is 9.97 Å². The van der Waals surface area contributed by atoms with Crippen LogP contribution in [0.15, 0.2) is 36.4 Å². The Morgan fingerprint density at radius 3 is 2.58 bits per heavy atom. The van der Waals surface area contributed by atoms with E-state index in [0.29, 0.717) is 11.5 Å². The number of aromatic nitrogens is 2. The van der Waals surface area contributed by atoms with Crippen LogP contribution in [0.3, 0.4) is 0 Å². The molecule has 3 aromatic rings. The Labute approximate surface area is 146 Å². The molecule has 1 heterocycles. The lowest BCUT2D eigenvalue weighted by molar-refractivity contribution is -0.113. The Balaban J connectivity index is 1.56. The number of fused-ring (bicyclic) bond motifs is 1. The van der Waals surface area contributed by atoms with E-state index in [1.165, 1.54) is 5.56 Å². The van der Waals surface area contributed by atoms with Gasteiger partial charge in [-0.25, -0.2) is 4.98 Å². The van der Waals surface area contributed by atoms with Gasteiger partial charge in [-0.05, 0) is 44.0 Å².